The molecular formula is C14H16O. The topological polar surface area (TPSA) is 9.23 Å². The molecular weight excluding hydrogens is 184 g/mol. The van der Waals surface area contributed by atoms with Crippen LogP contribution in [0.5, 0.6) is 0 Å². The van der Waals surface area contributed by atoms with Crippen molar-refractivity contribution in [1.82, 2.24) is 0 Å². The summed E-state index contributed by atoms with van der Waals surface area (Å²) in [6, 6.07) is 8.67. The maximum atomic E-state index is 5.25. The second kappa shape index (κ2) is 4.35. The number of methoxy groups -OCH3 is 1. The molecule has 0 fully saturated rings. The van der Waals surface area contributed by atoms with Crippen molar-refractivity contribution in [2.75, 3.05) is 7.11 Å². The van der Waals surface area contributed by atoms with Gasteiger partial charge in [-0.15, -0.1) is 0 Å². The van der Waals surface area contributed by atoms with Gasteiger partial charge in [-0.25, -0.2) is 0 Å². The summed E-state index contributed by atoms with van der Waals surface area (Å²) in [7, 11) is 1.72. The third kappa shape index (κ3) is 2.30. The van der Waals surface area contributed by atoms with Gasteiger partial charge in [0.05, 0.1) is 7.11 Å². The molecule has 0 N–H and O–H groups in total. The molecule has 1 aromatic rings. The predicted octanol–water partition coefficient (Wildman–Crippen LogP) is 3.70. The van der Waals surface area contributed by atoms with E-state index in [-0.39, 0.29) is 0 Å². The lowest BCUT2D eigenvalue weighted by molar-refractivity contribution is 0.304. The Morgan fingerprint density at radius 2 is 1.87 bits per heavy atom. The second-order valence-corrected chi connectivity index (χ2v) is 3.88. The van der Waals surface area contributed by atoms with Crippen LogP contribution in [0, 0.1) is 6.92 Å². The molecule has 0 spiro atoms. The molecule has 0 bridgehead atoms. The first-order valence-electron chi connectivity index (χ1n) is 5.31. The Balaban J connectivity index is 2.28. The average Bonchev–Trinajstić information content (AvgIpc) is 2.30. The molecule has 78 valence electrons. The predicted molar refractivity (Wildman–Crippen MR) is 63.5 cm³/mol. The number of aryl methyl sites for hydroxylation is 1. The van der Waals surface area contributed by atoms with E-state index in [1.807, 2.05) is 0 Å². The third-order valence-corrected chi connectivity index (χ3v) is 2.73. The summed E-state index contributed by atoms with van der Waals surface area (Å²) in [5, 5.41) is 0. The average molecular weight is 200 g/mol. The molecule has 1 aromatic carbocycles. The fraction of sp³-hybridized carbons (Fsp3) is 0.286. The van der Waals surface area contributed by atoms with Crippen molar-refractivity contribution in [3.8, 4) is 0 Å². The first-order valence-corrected chi connectivity index (χ1v) is 5.31. The Morgan fingerprint density at radius 1 is 1.13 bits per heavy atom. The summed E-state index contributed by atoms with van der Waals surface area (Å²) in [4.78, 5) is 0. The van der Waals surface area contributed by atoms with Crippen LogP contribution >= 0.6 is 0 Å². The molecule has 1 nitrogen and oxygen atoms in total. The first-order chi connectivity index (χ1) is 7.29. The van der Waals surface area contributed by atoms with E-state index in [0.717, 1.165) is 18.6 Å². The van der Waals surface area contributed by atoms with E-state index in [1.165, 1.54) is 16.7 Å². The largest absolute Gasteiger partial charge is 0.497 e. The van der Waals surface area contributed by atoms with Gasteiger partial charge in [-0.05, 0) is 43.1 Å². The van der Waals surface area contributed by atoms with E-state index in [1.54, 1.807) is 7.11 Å². The number of ether oxygens (including phenoxy) is 1. The SMILES string of the molecule is COC1=CCCC(c2ccc(C)cc2)=C1. The summed E-state index contributed by atoms with van der Waals surface area (Å²) < 4.78 is 5.25. The van der Waals surface area contributed by atoms with Gasteiger partial charge in [-0.1, -0.05) is 29.8 Å². The number of hydrogen-bond donors (Lipinski definition) is 0. The first kappa shape index (κ1) is 10.0. The molecule has 1 heteroatoms. The number of benzene rings is 1. The number of rotatable bonds is 2. The van der Waals surface area contributed by atoms with Gasteiger partial charge in [0.2, 0.25) is 0 Å². The Labute approximate surface area is 91.1 Å². The third-order valence-electron chi connectivity index (χ3n) is 2.73. The molecule has 0 saturated heterocycles. The Kier molecular flexibility index (Phi) is 2.91. The summed E-state index contributed by atoms with van der Waals surface area (Å²) in [5.74, 6) is 0.983. The van der Waals surface area contributed by atoms with Crippen LogP contribution in [-0.2, 0) is 4.74 Å². The van der Waals surface area contributed by atoms with Crippen LogP contribution in [0.15, 0.2) is 42.2 Å². The lowest BCUT2D eigenvalue weighted by atomic mass is 9.96. The Morgan fingerprint density at radius 3 is 2.53 bits per heavy atom. The minimum absolute atomic E-state index is 0.983. The quantitative estimate of drug-likeness (QED) is 0.707. The number of hydrogen-bond acceptors (Lipinski definition) is 1. The highest BCUT2D eigenvalue weighted by atomic mass is 16.5. The Bertz CT molecular complexity index is 396. The van der Waals surface area contributed by atoms with Crippen LogP contribution in [-0.4, -0.2) is 7.11 Å². The molecule has 0 saturated carbocycles. The second-order valence-electron chi connectivity index (χ2n) is 3.88. The minimum atomic E-state index is 0.983. The zero-order chi connectivity index (χ0) is 10.7. The lowest BCUT2D eigenvalue weighted by Crippen LogP contribution is -1.94. The van der Waals surface area contributed by atoms with Crippen molar-refractivity contribution in [2.45, 2.75) is 19.8 Å². The van der Waals surface area contributed by atoms with Crippen molar-refractivity contribution in [3.63, 3.8) is 0 Å². The minimum Gasteiger partial charge on any atom is -0.497 e. The van der Waals surface area contributed by atoms with Gasteiger partial charge in [0.15, 0.2) is 0 Å². The molecule has 1 aliphatic carbocycles. The van der Waals surface area contributed by atoms with Gasteiger partial charge in [-0.2, -0.15) is 0 Å². The highest BCUT2D eigenvalue weighted by Gasteiger charge is 2.07. The summed E-state index contributed by atoms with van der Waals surface area (Å²) in [6.45, 7) is 2.11. The maximum absolute atomic E-state index is 5.25. The summed E-state index contributed by atoms with van der Waals surface area (Å²) in [6.07, 6.45) is 6.45. The van der Waals surface area contributed by atoms with E-state index in [9.17, 15) is 0 Å². The van der Waals surface area contributed by atoms with Gasteiger partial charge in [-0.3, -0.25) is 0 Å². The zero-order valence-electron chi connectivity index (χ0n) is 9.29. The van der Waals surface area contributed by atoms with E-state index >= 15 is 0 Å². The number of allylic oxidation sites excluding steroid dienone is 3. The normalized spacial score (nSPS) is 15.6. The summed E-state index contributed by atoms with van der Waals surface area (Å²) in [5.41, 5.74) is 3.98. The molecule has 0 aromatic heterocycles. The van der Waals surface area contributed by atoms with E-state index in [2.05, 4.69) is 43.3 Å². The van der Waals surface area contributed by atoms with Crippen molar-refractivity contribution >= 4 is 5.57 Å². The molecule has 0 amide bonds. The lowest BCUT2D eigenvalue weighted by Gasteiger charge is -2.13. The van der Waals surface area contributed by atoms with Gasteiger partial charge in [0.25, 0.3) is 0 Å². The summed E-state index contributed by atoms with van der Waals surface area (Å²) >= 11 is 0. The molecule has 0 aliphatic heterocycles. The van der Waals surface area contributed by atoms with E-state index in [0.29, 0.717) is 0 Å². The molecule has 0 heterocycles. The van der Waals surface area contributed by atoms with Crippen molar-refractivity contribution in [3.05, 3.63) is 53.3 Å². The monoisotopic (exact) mass is 200 g/mol. The van der Waals surface area contributed by atoms with Crippen LogP contribution in [0.2, 0.25) is 0 Å². The molecule has 0 radical (unpaired) electrons. The van der Waals surface area contributed by atoms with Crippen LogP contribution in [0.1, 0.15) is 24.0 Å². The van der Waals surface area contributed by atoms with Gasteiger partial charge in [0, 0.05) is 0 Å². The molecule has 2 rings (SSSR count). The van der Waals surface area contributed by atoms with Gasteiger partial charge < -0.3 is 4.74 Å². The highest BCUT2D eigenvalue weighted by molar-refractivity contribution is 5.69. The van der Waals surface area contributed by atoms with Crippen LogP contribution in [0.25, 0.3) is 5.57 Å². The van der Waals surface area contributed by atoms with Crippen LogP contribution in [0.4, 0.5) is 0 Å². The van der Waals surface area contributed by atoms with Crippen molar-refractivity contribution in [1.29, 1.82) is 0 Å². The fourth-order valence-electron chi connectivity index (χ4n) is 1.81. The van der Waals surface area contributed by atoms with Gasteiger partial charge >= 0.3 is 0 Å². The maximum Gasteiger partial charge on any atom is 0.115 e. The van der Waals surface area contributed by atoms with Crippen LogP contribution < -0.4 is 0 Å². The van der Waals surface area contributed by atoms with Crippen molar-refractivity contribution in [2.24, 2.45) is 0 Å². The smallest absolute Gasteiger partial charge is 0.115 e. The molecule has 15 heavy (non-hydrogen) atoms. The van der Waals surface area contributed by atoms with E-state index in [4.69, 9.17) is 4.74 Å². The molecule has 0 atom stereocenters. The fourth-order valence-corrected chi connectivity index (χ4v) is 1.81. The van der Waals surface area contributed by atoms with Gasteiger partial charge in [0.1, 0.15) is 5.76 Å². The standard InChI is InChI=1S/C14H16O/c1-11-6-8-12(9-7-11)13-4-3-5-14(10-13)15-2/h5-10H,3-4H2,1-2H3. The zero-order valence-corrected chi connectivity index (χ0v) is 9.29. The Hall–Kier alpha value is -1.50. The van der Waals surface area contributed by atoms with E-state index < -0.39 is 0 Å². The van der Waals surface area contributed by atoms with Crippen molar-refractivity contribution < 1.29 is 4.74 Å². The highest BCUT2D eigenvalue weighted by Crippen LogP contribution is 2.26. The molecule has 1 aliphatic rings. The van der Waals surface area contributed by atoms with Crippen LogP contribution in [0.3, 0.4) is 0 Å². The molecule has 0 unspecified atom stereocenters.